The highest BCUT2D eigenvalue weighted by Gasteiger charge is 2.12. The van der Waals surface area contributed by atoms with Gasteiger partial charge in [-0.05, 0) is 19.9 Å². The van der Waals surface area contributed by atoms with Crippen LogP contribution in [-0.4, -0.2) is 31.0 Å². The molecule has 0 saturated carbocycles. The fourth-order valence-electron chi connectivity index (χ4n) is 1.42. The van der Waals surface area contributed by atoms with Crippen LogP contribution in [0.15, 0.2) is 22.7 Å². The molecular formula is C12H16BrNO5. The Bertz CT molecular complexity index is 421. The fraction of sp³-hybridized carbons (Fsp3) is 0.500. The molecule has 0 bridgehead atoms. The number of benzene rings is 1. The predicted octanol–water partition coefficient (Wildman–Crippen LogP) is 3.14. The third kappa shape index (κ3) is 5.54. The number of ether oxygens (including phenoxy) is 3. The summed E-state index contributed by atoms with van der Waals surface area (Å²) >= 11 is 3.20. The molecule has 0 aromatic heterocycles. The van der Waals surface area contributed by atoms with Crippen molar-refractivity contribution in [2.24, 2.45) is 0 Å². The lowest BCUT2D eigenvalue weighted by atomic mass is 10.3. The van der Waals surface area contributed by atoms with E-state index >= 15 is 0 Å². The first-order valence-electron chi connectivity index (χ1n) is 5.87. The maximum absolute atomic E-state index is 10.7. The maximum Gasteiger partial charge on any atom is 0.274 e. The molecule has 0 N–H and O–H groups in total. The highest BCUT2D eigenvalue weighted by Crippen LogP contribution is 2.26. The molecule has 1 rings (SSSR count). The molecule has 106 valence electrons. The second kappa shape index (κ2) is 8.08. The highest BCUT2D eigenvalue weighted by atomic mass is 79.9. The second-order valence-electron chi connectivity index (χ2n) is 3.55. The standard InChI is InChI=1S/C12H16BrNO5/c1-3-17-12(18-4-2)8-19-11-6-9(13)5-10(7-11)14(15)16/h5-7,12H,3-4,8H2,1-2H3. The minimum absolute atomic E-state index is 0.0336. The van der Waals surface area contributed by atoms with Gasteiger partial charge in [-0.25, -0.2) is 0 Å². The summed E-state index contributed by atoms with van der Waals surface area (Å²) in [5.41, 5.74) is -0.0336. The number of nitro groups is 1. The Labute approximate surface area is 119 Å². The molecule has 7 heteroatoms. The van der Waals surface area contributed by atoms with Crippen molar-refractivity contribution in [1.82, 2.24) is 0 Å². The lowest BCUT2D eigenvalue weighted by molar-refractivity contribution is -0.385. The van der Waals surface area contributed by atoms with Gasteiger partial charge in [0, 0.05) is 23.8 Å². The SMILES string of the molecule is CCOC(COc1cc(Br)cc([N+](=O)[O-])c1)OCC. The van der Waals surface area contributed by atoms with Gasteiger partial charge in [0.1, 0.15) is 12.4 Å². The van der Waals surface area contributed by atoms with Crippen molar-refractivity contribution >= 4 is 21.6 Å². The average Bonchev–Trinajstić information content (AvgIpc) is 2.36. The van der Waals surface area contributed by atoms with Crippen molar-refractivity contribution in [3.63, 3.8) is 0 Å². The molecule has 0 saturated heterocycles. The van der Waals surface area contributed by atoms with Gasteiger partial charge in [-0.1, -0.05) is 15.9 Å². The molecule has 19 heavy (non-hydrogen) atoms. The summed E-state index contributed by atoms with van der Waals surface area (Å²) in [5, 5.41) is 10.7. The van der Waals surface area contributed by atoms with E-state index in [1.54, 1.807) is 6.07 Å². The van der Waals surface area contributed by atoms with Crippen LogP contribution in [0.1, 0.15) is 13.8 Å². The first-order valence-corrected chi connectivity index (χ1v) is 6.67. The molecule has 0 amide bonds. The van der Waals surface area contributed by atoms with E-state index in [0.717, 1.165) is 0 Å². The molecule has 1 aromatic rings. The van der Waals surface area contributed by atoms with Crippen LogP contribution in [0.25, 0.3) is 0 Å². The van der Waals surface area contributed by atoms with E-state index in [1.165, 1.54) is 12.1 Å². The third-order valence-electron chi connectivity index (χ3n) is 2.16. The monoisotopic (exact) mass is 333 g/mol. The van der Waals surface area contributed by atoms with Gasteiger partial charge in [0.2, 0.25) is 0 Å². The molecule has 0 spiro atoms. The Balaban J connectivity index is 2.67. The smallest absolute Gasteiger partial charge is 0.274 e. The van der Waals surface area contributed by atoms with Crippen LogP contribution >= 0.6 is 15.9 Å². The predicted molar refractivity (Wildman–Crippen MR) is 73.3 cm³/mol. The largest absolute Gasteiger partial charge is 0.488 e. The van der Waals surface area contributed by atoms with Crippen molar-refractivity contribution in [1.29, 1.82) is 0 Å². The Morgan fingerprint density at radius 1 is 1.26 bits per heavy atom. The summed E-state index contributed by atoms with van der Waals surface area (Å²) in [6.45, 7) is 4.90. The summed E-state index contributed by atoms with van der Waals surface area (Å²) in [6.07, 6.45) is -0.479. The first kappa shape index (κ1) is 15.9. The summed E-state index contributed by atoms with van der Waals surface area (Å²) in [5.74, 6) is 0.394. The topological polar surface area (TPSA) is 70.8 Å². The summed E-state index contributed by atoms with van der Waals surface area (Å²) in [7, 11) is 0. The maximum atomic E-state index is 10.7. The molecule has 0 aliphatic heterocycles. The minimum Gasteiger partial charge on any atom is -0.488 e. The van der Waals surface area contributed by atoms with Gasteiger partial charge in [-0.3, -0.25) is 10.1 Å². The molecule has 0 aliphatic rings. The van der Waals surface area contributed by atoms with E-state index in [9.17, 15) is 10.1 Å². The minimum atomic E-state index is -0.479. The summed E-state index contributed by atoms with van der Waals surface area (Å²) in [4.78, 5) is 10.3. The van der Waals surface area contributed by atoms with Crippen LogP contribution in [0.2, 0.25) is 0 Å². The van der Waals surface area contributed by atoms with Crippen molar-refractivity contribution < 1.29 is 19.1 Å². The number of nitro benzene ring substituents is 1. The zero-order valence-corrected chi connectivity index (χ0v) is 12.4. The summed E-state index contributed by atoms with van der Waals surface area (Å²) < 4.78 is 16.7. The number of halogens is 1. The third-order valence-corrected chi connectivity index (χ3v) is 2.62. The quantitative estimate of drug-likeness (QED) is 0.415. The number of hydrogen-bond donors (Lipinski definition) is 0. The van der Waals surface area contributed by atoms with Crippen LogP contribution < -0.4 is 4.74 Å². The average molecular weight is 334 g/mol. The van der Waals surface area contributed by atoms with Crippen molar-refractivity contribution in [3.8, 4) is 5.75 Å². The molecule has 0 fully saturated rings. The molecular weight excluding hydrogens is 318 g/mol. The van der Waals surface area contributed by atoms with Gasteiger partial charge in [0.05, 0.1) is 11.0 Å². The van der Waals surface area contributed by atoms with Gasteiger partial charge < -0.3 is 14.2 Å². The summed E-state index contributed by atoms with van der Waals surface area (Å²) in [6, 6.07) is 4.43. The van der Waals surface area contributed by atoms with Gasteiger partial charge in [0.25, 0.3) is 5.69 Å². The van der Waals surface area contributed by atoms with Gasteiger partial charge >= 0.3 is 0 Å². The molecule has 0 radical (unpaired) electrons. The van der Waals surface area contributed by atoms with E-state index < -0.39 is 11.2 Å². The zero-order chi connectivity index (χ0) is 14.3. The van der Waals surface area contributed by atoms with Crippen molar-refractivity contribution in [3.05, 3.63) is 32.8 Å². The molecule has 0 atom stereocenters. The fourth-order valence-corrected chi connectivity index (χ4v) is 1.88. The normalized spacial score (nSPS) is 10.7. The van der Waals surface area contributed by atoms with Gasteiger partial charge in [0.15, 0.2) is 6.29 Å². The van der Waals surface area contributed by atoms with E-state index in [1.807, 2.05) is 13.8 Å². The van der Waals surface area contributed by atoms with Gasteiger partial charge in [-0.2, -0.15) is 0 Å². The number of non-ortho nitro benzene ring substituents is 1. The van der Waals surface area contributed by atoms with Crippen LogP contribution in [0, 0.1) is 10.1 Å². The van der Waals surface area contributed by atoms with Crippen LogP contribution in [0.4, 0.5) is 5.69 Å². The van der Waals surface area contributed by atoms with Crippen LogP contribution in [0.5, 0.6) is 5.75 Å². The second-order valence-corrected chi connectivity index (χ2v) is 4.47. The lowest BCUT2D eigenvalue weighted by Gasteiger charge is -2.17. The molecule has 0 heterocycles. The van der Waals surface area contributed by atoms with Crippen molar-refractivity contribution in [2.45, 2.75) is 20.1 Å². The lowest BCUT2D eigenvalue weighted by Crippen LogP contribution is -2.25. The van der Waals surface area contributed by atoms with E-state index in [-0.39, 0.29) is 12.3 Å². The van der Waals surface area contributed by atoms with E-state index in [0.29, 0.717) is 23.4 Å². The highest BCUT2D eigenvalue weighted by molar-refractivity contribution is 9.10. The van der Waals surface area contributed by atoms with E-state index in [2.05, 4.69) is 15.9 Å². The molecule has 1 aromatic carbocycles. The zero-order valence-electron chi connectivity index (χ0n) is 10.8. The number of nitrogens with zero attached hydrogens (tertiary/aromatic N) is 1. The van der Waals surface area contributed by atoms with Crippen molar-refractivity contribution in [2.75, 3.05) is 19.8 Å². The Kier molecular flexibility index (Phi) is 6.75. The van der Waals surface area contributed by atoms with Crippen LogP contribution in [-0.2, 0) is 9.47 Å². The first-order chi connectivity index (χ1) is 9.06. The Hall–Kier alpha value is -1.18. The molecule has 0 unspecified atom stereocenters. The Morgan fingerprint density at radius 3 is 2.42 bits per heavy atom. The van der Waals surface area contributed by atoms with Gasteiger partial charge in [-0.15, -0.1) is 0 Å². The molecule has 0 aliphatic carbocycles. The number of hydrogen-bond acceptors (Lipinski definition) is 5. The molecule has 6 nitrogen and oxygen atoms in total. The van der Waals surface area contributed by atoms with Crippen LogP contribution in [0.3, 0.4) is 0 Å². The number of rotatable bonds is 8. The van der Waals surface area contributed by atoms with E-state index in [4.69, 9.17) is 14.2 Å². The Morgan fingerprint density at radius 2 is 1.89 bits per heavy atom.